The SMILES string of the molecule is C[C@@H](O)CNC(=O)c1cc(Br)ccc1I. The van der Waals surface area contributed by atoms with Crippen LogP contribution in [0.5, 0.6) is 0 Å². The quantitative estimate of drug-likeness (QED) is 0.786. The average Bonchev–Trinajstić information content (AvgIpc) is 2.18. The van der Waals surface area contributed by atoms with Gasteiger partial charge in [0.2, 0.25) is 0 Å². The number of benzene rings is 1. The molecule has 0 bridgehead atoms. The lowest BCUT2D eigenvalue weighted by Crippen LogP contribution is -2.31. The third kappa shape index (κ3) is 4.08. The zero-order valence-electron chi connectivity index (χ0n) is 8.13. The van der Waals surface area contributed by atoms with Crippen molar-refractivity contribution in [3.05, 3.63) is 31.8 Å². The van der Waals surface area contributed by atoms with Crippen LogP contribution in [0.15, 0.2) is 22.7 Å². The van der Waals surface area contributed by atoms with Crippen LogP contribution in [0.2, 0.25) is 0 Å². The summed E-state index contributed by atoms with van der Waals surface area (Å²) in [5, 5.41) is 11.7. The monoisotopic (exact) mass is 383 g/mol. The summed E-state index contributed by atoms with van der Waals surface area (Å²) in [6.07, 6.45) is -0.529. The molecule has 15 heavy (non-hydrogen) atoms. The molecule has 82 valence electrons. The van der Waals surface area contributed by atoms with Gasteiger partial charge in [-0.05, 0) is 47.7 Å². The number of amides is 1. The summed E-state index contributed by atoms with van der Waals surface area (Å²) in [5.74, 6) is -0.165. The number of hydrogen-bond acceptors (Lipinski definition) is 2. The second-order valence-electron chi connectivity index (χ2n) is 3.18. The van der Waals surface area contributed by atoms with Crippen molar-refractivity contribution in [2.24, 2.45) is 0 Å². The van der Waals surface area contributed by atoms with Gasteiger partial charge in [0.15, 0.2) is 0 Å². The second-order valence-corrected chi connectivity index (χ2v) is 5.26. The van der Waals surface area contributed by atoms with Crippen LogP contribution in [0.25, 0.3) is 0 Å². The Kier molecular flexibility index (Phi) is 5.01. The van der Waals surface area contributed by atoms with E-state index in [2.05, 4.69) is 43.8 Å². The maximum atomic E-state index is 11.7. The highest BCUT2D eigenvalue weighted by Gasteiger charge is 2.10. The molecular weight excluding hydrogens is 373 g/mol. The lowest BCUT2D eigenvalue weighted by molar-refractivity contribution is 0.0923. The van der Waals surface area contributed by atoms with Crippen molar-refractivity contribution in [2.45, 2.75) is 13.0 Å². The number of aliphatic hydroxyl groups excluding tert-OH is 1. The number of nitrogens with one attached hydrogen (secondary N) is 1. The van der Waals surface area contributed by atoms with Crippen molar-refractivity contribution < 1.29 is 9.90 Å². The second kappa shape index (κ2) is 5.81. The Balaban J connectivity index is 2.77. The van der Waals surface area contributed by atoms with Crippen LogP contribution in [0.3, 0.4) is 0 Å². The van der Waals surface area contributed by atoms with Crippen LogP contribution in [-0.4, -0.2) is 23.7 Å². The Morgan fingerprint density at radius 3 is 2.93 bits per heavy atom. The minimum Gasteiger partial charge on any atom is -0.392 e. The molecule has 0 saturated carbocycles. The number of halogens is 2. The van der Waals surface area contributed by atoms with Gasteiger partial charge < -0.3 is 10.4 Å². The number of rotatable bonds is 3. The zero-order chi connectivity index (χ0) is 11.4. The lowest BCUT2D eigenvalue weighted by atomic mass is 10.2. The molecule has 3 nitrogen and oxygen atoms in total. The van der Waals surface area contributed by atoms with Gasteiger partial charge >= 0.3 is 0 Å². The first-order valence-electron chi connectivity index (χ1n) is 4.42. The van der Waals surface area contributed by atoms with E-state index in [4.69, 9.17) is 5.11 Å². The van der Waals surface area contributed by atoms with Gasteiger partial charge in [-0.1, -0.05) is 15.9 Å². The van der Waals surface area contributed by atoms with Crippen molar-refractivity contribution in [3.8, 4) is 0 Å². The maximum Gasteiger partial charge on any atom is 0.252 e. The van der Waals surface area contributed by atoms with Gasteiger partial charge in [-0.3, -0.25) is 4.79 Å². The predicted molar refractivity (Wildman–Crippen MR) is 70.9 cm³/mol. The van der Waals surface area contributed by atoms with E-state index < -0.39 is 6.10 Å². The third-order valence-electron chi connectivity index (χ3n) is 1.73. The van der Waals surface area contributed by atoms with Crippen molar-refractivity contribution in [1.29, 1.82) is 0 Å². The van der Waals surface area contributed by atoms with Gasteiger partial charge in [-0.2, -0.15) is 0 Å². The Labute approximate surface area is 111 Å². The Bertz CT molecular complexity index is 368. The first-order chi connectivity index (χ1) is 7.00. The van der Waals surface area contributed by atoms with Crippen LogP contribution >= 0.6 is 38.5 Å². The van der Waals surface area contributed by atoms with Crippen LogP contribution in [0.1, 0.15) is 17.3 Å². The summed E-state index contributed by atoms with van der Waals surface area (Å²) in [6, 6.07) is 5.51. The van der Waals surface area contributed by atoms with E-state index in [1.165, 1.54) is 0 Å². The molecule has 0 radical (unpaired) electrons. The van der Waals surface area contributed by atoms with Crippen LogP contribution in [-0.2, 0) is 0 Å². The summed E-state index contributed by atoms with van der Waals surface area (Å²) in [5.41, 5.74) is 0.616. The van der Waals surface area contributed by atoms with E-state index in [-0.39, 0.29) is 12.5 Å². The first kappa shape index (κ1) is 12.9. The van der Waals surface area contributed by atoms with Gasteiger partial charge in [0.1, 0.15) is 0 Å². The summed E-state index contributed by atoms with van der Waals surface area (Å²) >= 11 is 5.42. The van der Waals surface area contributed by atoms with Gasteiger partial charge in [0.25, 0.3) is 5.91 Å². The average molecular weight is 384 g/mol. The standard InChI is InChI=1S/C10H11BrINO2/c1-6(14)5-13-10(15)8-4-7(11)2-3-9(8)12/h2-4,6,14H,5H2,1H3,(H,13,15)/t6-/m1/s1. The minimum absolute atomic E-state index is 0.165. The Hall–Kier alpha value is -0.140. The number of carbonyl (C=O) groups is 1. The fourth-order valence-corrected chi connectivity index (χ4v) is 1.95. The van der Waals surface area contributed by atoms with E-state index in [1.807, 2.05) is 12.1 Å². The largest absolute Gasteiger partial charge is 0.392 e. The highest BCUT2D eigenvalue weighted by atomic mass is 127. The molecule has 0 fully saturated rings. The van der Waals surface area contributed by atoms with Gasteiger partial charge in [0, 0.05) is 14.6 Å². The summed E-state index contributed by atoms with van der Waals surface area (Å²) < 4.78 is 1.75. The van der Waals surface area contributed by atoms with Gasteiger partial charge in [-0.25, -0.2) is 0 Å². The molecule has 0 unspecified atom stereocenters. The number of hydrogen-bond donors (Lipinski definition) is 2. The smallest absolute Gasteiger partial charge is 0.252 e. The van der Waals surface area contributed by atoms with Gasteiger partial charge in [0.05, 0.1) is 11.7 Å². The van der Waals surface area contributed by atoms with Crippen molar-refractivity contribution in [3.63, 3.8) is 0 Å². The Morgan fingerprint density at radius 2 is 2.33 bits per heavy atom. The normalized spacial score (nSPS) is 12.3. The molecule has 1 atom stereocenters. The van der Waals surface area contributed by atoms with Crippen molar-refractivity contribution in [1.82, 2.24) is 5.32 Å². The zero-order valence-corrected chi connectivity index (χ0v) is 11.9. The number of carbonyl (C=O) groups excluding carboxylic acids is 1. The van der Waals surface area contributed by atoms with E-state index in [9.17, 15) is 4.79 Å². The van der Waals surface area contributed by atoms with E-state index in [1.54, 1.807) is 13.0 Å². The van der Waals surface area contributed by atoms with E-state index in [0.717, 1.165) is 8.04 Å². The van der Waals surface area contributed by atoms with Crippen LogP contribution < -0.4 is 5.32 Å². The topological polar surface area (TPSA) is 49.3 Å². The summed E-state index contributed by atoms with van der Waals surface area (Å²) in [4.78, 5) is 11.7. The molecule has 5 heteroatoms. The molecule has 0 saturated heterocycles. The molecule has 0 aliphatic carbocycles. The van der Waals surface area contributed by atoms with Crippen LogP contribution in [0.4, 0.5) is 0 Å². The molecular formula is C10H11BrINO2. The fraction of sp³-hybridized carbons (Fsp3) is 0.300. The molecule has 0 aromatic heterocycles. The third-order valence-corrected chi connectivity index (χ3v) is 3.16. The molecule has 1 aromatic rings. The highest BCUT2D eigenvalue weighted by molar-refractivity contribution is 14.1. The molecule has 0 aliphatic heterocycles. The molecule has 1 aromatic carbocycles. The predicted octanol–water partition coefficient (Wildman–Crippen LogP) is 2.16. The van der Waals surface area contributed by atoms with E-state index >= 15 is 0 Å². The molecule has 1 amide bonds. The highest BCUT2D eigenvalue weighted by Crippen LogP contribution is 2.18. The molecule has 0 aliphatic rings. The molecule has 0 spiro atoms. The molecule has 2 N–H and O–H groups in total. The minimum atomic E-state index is -0.529. The van der Waals surface area contributed by atoms with Crippen LogP contribution in [0, 0.1) is 3.57 Å². The number of aliphatic hydroxyl groups is 1. The fourth-order valence-electron chi connectivity index (χ4n) is 1.01. The summed E-state index contributed by atoms with van der Waals surface area (Å²) in [6.45, 7) is 1.90. The van der Waals surface area contributed by atoms with E-state index in [0.29, 0.717) is 5.56 Å². The van der Waals surface area contributed by atoms with Gasteiger partial charge in [-0.15, -0.1) is 0 Å². The Morgan fingerprint density at radius 1 is 1.67 bits per heavy atom. The molecule has 1 rings (SSSR count). The maximum absolute atomic E-state index is 11.7. The van der Waals surface area contributed by atoms with Crippen molar-refractivity contribution in [2.75, 3.05) is 6.54 Å². The van der Waals surface area contributed by atoms with Crippen molar-refractivity contribution >= 4 is 44.4 Å². The molecule has 0 heterocycles. The first-order valence-corrected chi connectivity index (χ1v) is 6.29. The summed E-state index contributed by atoms with van der Waals surface area (Å²) in [7, 11) is 0. The lowest BCUT2D eigenvalue weighted by Gasteiger charge is -2.08.